The zero-order chi connectivity index (χ0) is 20.2. The van der Waals surface area contributed by atoms with E-state index in [1.165, 1.54) is 0 Å². The van der Waals surface area contributed by atoms with E-state index < -0.39 is 44.4 Å². The topological polar surface area (TPSA) is 55.4 Å². The number of hydrogen-bond acceptors (Lipinski definition) is 6. The van der Waals surface area contributed by atoms with Crippen LogP contribution in [0, 0.1) is 0 Å². The minimum atomic E-state index is -4.52. The van der Waals surface area contributed by atoms with E-state index in [-0.39, 0.29) is 0 Å². The Bertz CT molecular complexity index is 357. The first-order chi connectivity index (χ1) is 10.9. The molecule has 0 aromatic heterocycles. The van der Waals surface area contributed by atoms with E-state index in [9.17, 15) is 0 Å². The summed E-state index contributed by atoms with van der Waals surface area (Å²) in [6.45, 7) is 20.5. The van der Waals surface area contributed by atoms with E-state index in [4.69, 9.17) is 20.7 Å². The quantitative estimate of drug-likeness (QED) is 0.501. The first-order valence-electron chi connectivity index (χ1n) is 8.73. The molecule has 0 amide bonds. The van der Waals surface area contributed by atoms with Gasteiger partial charge >= 0.3 is 162 Å². The summed E-state index contributed by atoms with van der Waals surface area (Å²) in [5.74, 6) is 0. The van der Waals surface area contributed by atoms with Crippen LogP contribution in [0.2, 0.25) is 0 Å². The fraction of sp³-hybridized carbons (Fsp3) is 1.00. The molecular weight excluding hydrogens is 403 g/mol. The van der Waals surface area contributed by atoms with E-state index in [2.05, 4.69) is 0 Å². The Morgan fingerprint density at radius 1 is 0.520 bits per heavy atom. The first kappa shape index (κ1) is 25.6. The molecule has 152 valence electrons. The molecule has 6 nitrogen and oxygen atoms in total. The van der Waals surface area contributed by atoms with Gasteiger partial charge in [0.1, 0.15) is 0 Å². The van der Waals surface area contributed by atoms with Crippen LogP contribution < -0.4 is 0 Å². The van der Waals surface area contributed by atoms with Crippen molar-refractivity contribution in [3.05, 3.63) is 0 Å². The number of rotatable bonds is 10. The summed E-state index contributed by atoms with van der Waals surface area (Å²) in [4.78, 5) is 0. The summed E-state index contributed by atoms with van der Waals surface area (Å²) in [6.07, 6.45) is 0. The summed E-state index contributed by atoms with van der Waals surface area (Å²) in [6, 6.07) is 0. The van der Waals surface area contributed by atoms with Gasteiger partial charge in [0.05, 0.1) is 0 Å². The van der Waals surface area contributed by atoms with Gasteiger partial charge in [0, 0.05) is 0 Å². The van der Waals surface area contributed by atoms with Crippen LogP contribution in [0.1, 0.15) is 69.2 Å². The predicted octanol–water partition coefficient (Wildman–Crippen LogP) is 4.31. The number of methoxy groups -OCH3 is 2. The van der Waals surface area contributed by atoms with Crippen molar-refractivity contribution in [1.29, 1.82) is 0 Å². The van der Waals surface area contributed by atoms with Crippen molar-refractivity contribution in [2.24, 2.45) is 0 Å². The monoisotopic (exact) mass is 442 g/mol. The maximum absolute atomic E-state index is 6.46. The Morgan fingerprint density at radius 2 is 0.800 bits per heavy atom. The third-order valence-electron chi connectivity index (χ3n) is 2.65. The van der Waals surface area contributed by atoms with Gasteiger partial charge in [-0.2, -0.15) is 0 Å². The summed E-state index contributed by atoms with van der Waals surface area (Å²) in [7, 11) is 3.29. The predicted molar refractivity (Wildman–Crippen MR) is 95.8 cm³/mol. The van der Waals surface area contributed by atoms with Gasteiger partial charge in [-0.15, -0.1) is 0 Å². The molecule has 25 heavy (non-hydrogen) atoms. The van der Waals surface area contributed by atoms with Crippen LogP contribution in [0.15, 0.2) is 0 Å². The van der Waals surface area contributed by atoms with Gasteiger partial charge < -0.3 is 0 Å². The molecule has 0 fully saturated rings. The molecule has 7 heteroatoms. The third kappa shape index (κ3) is 11.9. The molecule has 0 heterocycles. The Labute approximate surface area is 161 Å². The van der Waals surface area contributed by atoms with Gasteiger partial charge in [-0.3, -0.25) is 0 Å². The summed E-state index contributed by atoms with van der Waals surface area (Å²) >= 11 is -4.52. The fourth-order valence-corrected chi connectivity index (χ4v) is 10.2. The second-order valence-corrected chi connectivity index (χ2v) is 14.0. The Kier molecular flexibility index (Phi) is 9.46. The molecule has 0 aromatic carbocycles. The van der Waals surface area contributed by atoms with Crippen LogP contribution in [0.5, 0.6) is 0 Å². The number of hydrogen-bond donors (Lipinski definition) is 0. The molecule has 0 bridgehead atoms. The third-order valence-corrected chi connectivity index (χ3v) is 10.8. The molecular formula is C18H40O6Zr. The molecule has 0 unspecified atom stereocenters. The summed E-state index contributed by atoms with van der Waals surface area (Å²) in [5.41, 5.74) is -2.17. The molecule has 0 atom stereocenters. The van der Waals surface area contributed by atoms with Crippen molar-refractivity contribution in [3.63, 3.8) is 0 Å². The number of ether oxygens (including phenoxy) is 2. The Morgan fingerprint density at radius 3 is 1.00 bits per heavy atom. The normalized spacial score (nSPS) is 14.9. The SMILES string of the molecule is COCC(C)(C)[O][Zr]([O]C(C)(C)C)([O]C(C)(C)C)[O]C(C)(C)COC. The van der Waals surface area contributed by atoms with Gasteiger partial charge in [-0.05, 0) is 0 Å². The van der Waals surface area contributed by atoms with Crippen molar-refractivity contribution in [2.45, 2.75) is 91.6 Å². The summed E-state index contributed by atoms with van der Waals surface area (Å²) in [5, 5.41) is 0. The molecule has 0 saturated carbocycles. The molecule has 0 aliphatic carbocycles. The summed E-state index contributed by atoms with van der Waals surface area (Å²) < 4.78 is 36.3. The van der Waals surface area contributed by atoms with Gasteiger partial charge in [-0.25, -0.2) is 0 Å². The Balaban J connectivity index is 5.95. The van der Waals surface area contributed by atoms with Crippen molar-refractivity contribution < 1.29 is 42.8 Å². The van der Waals surface area contributed by atoms with Gasteiger partial charge in [0.25, 0.3) is 0 Å². The van der Waals surface area contributed by atoms with Crippen LogP contribution in [0.4, 0.5) is 0 Å². The van der Waals surface area contributed by atoms with Crippen molar-refractivity contribution >= 4 is 0 Å². The van der Waals surface area contributed by atoms with E-state index >= 15 is 0 Å². The fourth-order valence-electron chi connectivity index (χ4n) is 2.31. The van der Waals surface area contributed by atoms with E-state index in [0.29, 0.717) is 13.2 Å². The molecule has 0 rings (SSSR count). The van der Waals surface area contributed by atoms with Gasteiger partial charge in [0.15, 0.2) is 0 Å². The van der Waals surface area contributed by atoms with Gasteiger partial charge in [-0.1, -0.05) is 0 Å². The van der Waals surface area contributed by atoms with Crippen LogP contribution in [0.25, 0.3) is 0 Å². The zero-order valence-corrected chi connectivity index (χ0v) is 20.8. The molecule has 0 saturated heterocycles. The Hall–Kier alpha value is 0.643. The standard InChI is InChI=1S/2C5H11O2.2C4H9O.Zr/c2*1-5(2,6)4-7-3;2*1-4(2,3)5;/h2*4H2,1-3H3;2*1-3H3;/q4*-1;+4. The molecule has 0 N–H and O–H groups in total. The maximum atomic E-state index is 6.46. The minimum absolute atomic E-state index is 0.404. The van der Waals surface area contributed by atoms with Crippen LogP contribution in [-0.4, -0.2) is 49.8 Å². The average Bonchev–Trinajstić information content (AvgIpc) is 2.19. The van der Waals surface area contributed by atoms with Crippen molar-refractivity contribution in [3.8, 4) is 0 Å². The van der Waals surface area contributed by atoms with Crippen LogP contribution in [-0.2, 0) is 42.8 Å². The molecule has 0 aliphatic rings. The first-order valence-corrected chi connectivity index (χ1v) is 12.7. The zero-order valence-electron chi connectivity index (χ0n) is 18.4. The van der Waals surface area contributed by atoms with E-state index in [1.54, 1.807) is 14.2 Å². The van der Waals surface area contributed by atoms with Crippen LogP contribution in [0.3, 0.4) is 0 Å². The van der Waals surface area contributed by atoms with Crippen molar-refractivity contribution in [2.75, 3.05) is 27.4 Å². The van der Waals surface area contributed by atoms with E-state index in [1.807, 2.05) is 69.2 Å². The average molecular weight is 444 g/mol. The van der Waals surface area contributed by atoms with Crippen LogP contribution >= 0.6 is 0 Å². The molecule has 0 radical (unpaired) electrons. The molecule has 0 aromatic rings. The molecule has 0 spiro atoms. The molecule has 0 aliphatic heterocycles. The van der Waals surface area contributed by atoms with Gasteiger partial charge in [0.2, 0.25) is 0 Å². The van der Waals surface area contributed by atoms with Crippen molar-refractivity contribution in [1.82, 2.24) is 0 Å². The second-order valence-electron chi connectivity index (χ2n) is 9.52. The van der Waals surface area contributed by atoms with E-state index in [0.717, 1.165) is 0 Å². The second kappa shape index (κ2) is 9.22.